The maximum absolute atomic E-state index is 14.8. The van der Waals surface area contributed by atoms with Crippen molar-refractivity contribution in [3.63, 3.8) is 0 Å². The van der Waals surface area contributed by atoms with Crippen LogP contribution < -0.4 is 0 Å². The molecule has 0 radical (unpaired) electrons. The van der Waals surface area contributed by atoms with E-state index in [1.165, 1.54) is 23.4 Å². The first kappa shape index (κ1) is 41.4. The lowest BCUT2D eigenvalue weighted by Crippen LogP contribution is -2.01. The van der Waals surface area contributed by atoms with Crippen LogP contribution in [0.2, 0.25) is 5.02 Å². The van der Waals surface area contributed by atoms with Gasteiger partial charge in [-0.1, -0.05) is 115 Å². The van der Waals surface area contributed by atoms with E-state index in [-0.39, 0.29) is 22.6 Å². The number of H-pyrrole nitrogens is 1. The molecule has 0 spiro atoms. The van der Waals surface area contributed by atoms with E-state index in [0.29, 0.717) is 5.39 Å². The molecule has 0 aliphatic rings. The third-order valence-corrected chi connectivity index (χ3v) is 6.64. The molecule has 1 atom stereocenters. The number of aliphatic imine (C=N–C) groups is 1. The summed E-state index contributed by atoms with van der Waals surface area (Å²) in [5.41, 5.74) is 6.37. The molecule has 42 heavy (non-hydrogen) atoms. The molecule has 1 aromatic carbocycles. The van der Waals surface area contributed by atoms with Gasteiger partial charge in [0.25, 0.3) is 0 Å². The zero-order chi connectivity index (χ0) is 32.7. The molecule has 5 heteroatoms. The highest BCUT2D eigenvalue weighted by Gasteiger charge is 2.21. The molecule has 0 aliphatic carbocycles. The molecule has 0 aliphatic heterocycles. The molecule has 2 nitrogen and oxygen atoms in total. The average molecular weight is 603 g/mol. The minimum atomic E-state index is -0.312. The molecular formula is C37H57ClF2N2. The first-order chi connectivity index (χ1) is 20.1. The summed E-state index contributed by atoms with van der Waals surface area (Å²) >= 11 is 6.08. The summed E-state index contributed by atoms with van der Waals surface area (Å²) in [5, 5.41) is 0.835. The SMILES string of the molecule is CC.CC.C\C=C(F)/C=N/C(C)=C/CC.C\C=C/C(=C\C=C(/C)CC)C(C)c1[nH]c2ccc(Cl)c(F)c2c1CCCC. The minimum Gasteiger partial charge on any atom is -0.358 e. The van der Waals surface area contributed by atoms with E-state index in [9.17, 15) is 8.78 Å². The van der Waals surface area contributed by atoms with Crippen LogP contribution in [0.15, 0.2) is 76.3 Å². The van der Waals surface area contributed by atoms with Crippen molar-refractivity contribution in [1.29, 1.82) is 0 Å². The van der Waals surface area contributed by atoms with E-state index < -0.39 is 0 Å². The molecule has 236 valence electrons. The highest BCUT2D eigenvalue weighted by Crippen LogP contribution is 2.36. The Morgan fingerprint density at radius 2 is 1.69 bits per heavy atom. The van der Waals surface area contributed by atoms with Crippen molar-refractivity contribution in [3.05, 3.63) is 93.4 Å². The monoisotopic (exact) mass is 602 g/mol. The number of halogens is 3. The molecule has 1 aromatic heterocycles. The largest absolute Gasteiger partial charge is 0.358 e. The highest BCUT2D eigenvalue weighted by atomic mass is 35.5. The predicted molar refractivity (Wildman–Crippen MR) is 187 cm³/mol. The van der Waals surface area contributed by atoms with Crippen LogP contribution in [0.1, 0.15) is 126 Å². The molecule has 2 rings (SSSR count). The second-order valence-corrected chi connectivity index (χ2v) is 9.75. The van der Waals surface area contributed by atoms with Gasteiger partial charge in [0, 0.05) is 28.2 Å². The van der Waals surface area contributed by atoms with Gasteiger partial charge in [0.15, 0.2) is 5.82 Å². The molecule has 1 heterocycles. The standard InChI is InChI=1S/C24H31ClFN.C9H14FN.2C2H6/c1-6-9-11-19-22-21(15-14-20(25)23(22)26)27-24(19)17(5)18(10-7-2)13-12-16(4)8-3;1-4-6-8(3)11-7-9(10)5-2;2*1-2/h7,10,12-15,17,27H,6,8-9,11H2,1-5H3;5-7H,4H2,1-3H3;2*1-2H3/b10-7-,16-12+,18-13+;8-6+,9-5+,11-7+;;. The number of nitrogens with one attached hydrogen (secondary N) is 1. The van der Waals surface area contributed by atoms with Gasteiger partial charge >= 0.3 is 0 Å². The maximum Gasteiger partial charge on any atom is 0.151 e. The number of rotatable bonds is 11. The first-order valence-corrected chi connectivity index (χ1v) is 16.0. The Labute approximate surface area is 261 Å². The maximum atomic E-state index is 14.8. The van der Waals surface area contributed by atoms with Crippen LogP contribution in [-0.4, -0.2) is 11.2 Å². The van der Waals surface area contributed by atoms with Gasteiger partial charge in [0.05, 0.1) is 11.2 Å². The number of hydrogen-bond acceptors (Lipinski definition) is 1. The van der Waals surface area contributed by atoms with Crippen molar-refractivity contribution in [3.8, 4) is 0 Å². The lowest BCUT2D eigenvalue weighted by molar-refractivity contribution is 0.638. The Kier molecular flexibility index (Phi) is 24.5. The molecule has 1 unspecified atom stereocenters. The fourth-order valence-electron chi connectivity index (χ4n) is 3.93. The molecule has 0 bridgehead atoms. The van der Waals surface area contributed by atoms with Gasteiger partial charge in [0.1, 0.15) is 5.83 Å². The molecule has 0 fully saturated rings. The zero-order valence-electron chi connectivity index (χ0n) is 28.4. The fourth-order valence-corrected chi connectivity index (χ4v) is 4.09. The quantitative estimate of drug-likeness (QED) is 0.196. The second kappa shape index (κ2) is 24.8. The Hall–Kier alpha value is -2.72. The molecule has 0 amide bonds. The van der Waals surface area contributed by atoms with Gasteiger partial charge < -0.3 is 4.98 Å². The van der Waals surface area contributed by atoms with E-state index in [4.69, 9.17) is 11.6 Å². The number of unbranched alkanes of at least 4 members (excludes halogenated alkanes) is 1. The predicted octanol–water partition coefficient (Wildman–Crippen LogP) is 13.6. The van der Waals surface area contributed by atoms with E-state index >= 15 is 0 Å². The molecular weight excluding hydrogens is 546 g/mol. The topological polar surface area (TPSA) is 28.1 Å². The van der Waals surface area contributed by atoms with Crippen molar-refractivity contribution < 1.29 is 8.78 Å². The summed E-state index contributed by atoms with van der Waals surface area (Å²) in [6, 6.07) is 3.51. The first-order valence-electron chi connectivity index (χ1n) is 15.7. The Balaban J connectivity index is 0. The summed E-state index contributed by atoms with van der Waals surface area (Å²) < 4.78 is 27.2. The number of benzene rings is 1. The number of hydrogen-bond donors (Lipinski definition) is 1. The van der Waals surface area contributed by atoms with Crippen LogP contribution in [0.25, 0.3) is 10.9 Å². The van der Waals surface area contributed by atoms with Crippen LogP contribution in [0.4, 0.5) is 8.78 Å². The third kappa shape index (κ3) is 14.4. The van der Waals surface area contributed by atoms with Crippen LogP contribution in [0.5, 0.6) is 0 Å². The number of aryl methyl sites for hydroxylation is 1. The van der Waals surface area contributed by atoms with Crippen LogP contribution >= 0.6 is 11.6 Å². The van der Waals surface area contributed by atoms with Gasteiger partial charge in [-0.3, -0.25) is 4.99 Å². The number of aromatic nitrogens is 1. The Morgan fingerprint density at radius 3 is 2.21 bits per heavy atom. The van der Waals surface area contributed by atoms with E-state index in [1.807, 2.05) is 60.6 Å². The number of aromatic amines is 1. The van der Waals surface area contributed by atoms with Crippen LogP contribution in [0, 0.1) is 5.82 Å². The van der Waals surface area contributed by atoms with E-state index in [0.717, 1.165) is 54.6 Å². The van der Waals surface area contributed by atoms with E-state index in [2.05, 4.69) is 62.0 Å². The normalized spacial score (nSPS) is 13.4. The van der Waals surface area contributed by atoms with Gasteiger partial charge in [-0.2, -0.15) is 0 Å². The van der Waals surface area contributed by atoms with Crippen molar-refractivity contribution in [2.24, 2.45) is 4.99 Å². The molecule has 1 N–H and O–H groups in total. The van der Waals surface area contributed by atoms with Crippen molar-refractivity contribution in [2.75, 3.05) is 0 Å². The average Bonchev–Trinajstić information content (AvgIpc) is 3.39. The van der Waals surface area contributed by atoms with Crippen molar-refractivity contribution in [2.45, 2.75) is 121 Å². The summed E-state index contributed by atoms with van der Waals surface area (Å²) in [5.74, 6) is -0.471. The Morgan fingerprint density at radius 1 is 1.05 bits per heavy atom. The smallest absolute Gasteiger partial charge is 0.151 e. The molecule has 2 aromatic rings. The van der Waals surface area contributed by atoms with Crippen LogP contribution in [0.3, 0.4) is 0 Å². The molecule has 0 saturated heterocycles. The van der Waals surface area contributed by atoms with Crippen molar-refractivity contribution in [1.82, 2.24) is 4.98 Å². The lowest BCUT2D eigenvalue weighted by Gasteiger charge is -2.15. The van der Waals surface area contributed by atoms with Gasteiger partial charge in [-0.05, 0) is 76.6 Å². The summed E-state index contributed by atoms with van der Waals surface area (Å²) in [7, 11) is 0. The lowest BCUT2D eigenvalue weighted by atomic mass is 9.91. The van der Waals surface area contributed by atoms with Gasteiger partial charge in [-0.15, -0.1) is 0 Å². The highest BCUT2D eigenvalue weighted by molar-refractivity contribution is 6.31. The summed E-state index contributed by atoms with van der Waals surface area (Å²) in [6.45, 7) is 24.2. The third-order valence-electron chi connectivity index (χ3n) is 6.35. The number of nitrogens with zero attached hydrogens (tertiary/aromatic N) is 1. The minimum absolute atomic E-state index is 0.138. The summed E-state index contributed by atoms with van der Waals surface area (Å²) in [4.78, 5) is 7.36. The Bertz CT molecular complexity index is 1210. The fraction of sp³-hybridized carbons (Fsp3) is 0.486. The van der Waals surface area contributed by atoms with E-state index in [1.54, 1.807) is 13.0 Å². The van der Waals surface area contributed by atoms with Crippen LogP contribution in [-0.2, 0) is 6.42 Å². The number of allylic oxidation sites excluding steroid dienone is 10. The van der Waals surface area contributed by atoms with Gasteiger partial charge in [-0.25, -0.2) is 8.78 Å². The second-order valence-electron chi connectivity index (χ2n) is 9.35. The molecule has 0 saturated carbocycles. The zero-order valence-corrected chi connectivity index (χ0v) is 29.1. The van der Waals surface area contributed by atoms with Crippen molar-refractivity contribution >= 4 is 28.7 Å². The van der Waals surface area contributed by atoms with Gasteiger partial charge in [0.2, 0.25) is 0 Å². The number of fused-ring (bicyclic) bond motifs is 1. The summed E-state index contributed by atoms with van der Waals surface area (Å²) in [6.07, 6.45) is 18.0.